The highest BCUT2D eigenvalue weighted by Gasteiger charge is 2.42. The number of aryl methyl sites for hydroxylation is 1. The van der Waals surface area contributed by atoms with Gasteiger partial charge in [-0.15, -0.1) is 0 Å². The molecule has 1 aliphatic heterocycles. The summed E-state index contributed by atoms with van der Waals surface area (Å²) in [4.78, 5) is 18.3. The molecule has 0 spiro atoms. The number of amides is 1. The molecule has 2 aromatic carbocycles. The quantitative estimate of drug-likeness (QED) is 0.286. The van der Waals surface area contributed by atoms with Gasteiger partial charge < -0.3 is 20.1 Å². The van der Waals surface area contributed by atoms with Crippen molar-refractivity contribution in [3.8, 4) is 5.69 Å². The van der Waals surface area contributed by atoms with E-state index in [0.717, 1.165) is 50.3 Å². The van der Waals surface area contributed by atoms with Crippen LogP contribution in [0.4, 0.5) is 11.4 Å². The smallest absolute Gasteiger partial charge is 0.221 e. The highest BCUT2D eigenvalue weighted by atomic mass is 35.5. The van der Waals surface area contributed by atoms with Crippen LogP contribution in [0.3, 0.4) is 0 Å². The van der Waals surface area contributed by atoms with E-state index >= 15 is 0 Å². The topological polar surface area (TPSA) is 62.2 Å². The predicted molar refractivity (Wildman–Crippen MR) is 154 cm³/mol. The molecule has 1 amide bonds. The molecule has 188 valence electrons. The molecule has 4 aromatic rings. The zero-order chi connectivity index (χ0) is 26.3. The van der Waals surface area contributed by atoms with Gasteiger partial charge in [-0.2, -0.15) is 0 Å². The molecule has 6 nitrogen and oxygen atoms in total. The van der Waals surface area contributed by atoms with Gasteiger partial charge in [0.05, 0.1) is 17.8 Å². The average molecular weight is 530 g/mol. The van der Waals surface area contributed by atoms with Crippen molar-refractivity contribution in [1.82, 2.24) is 14.9 Å². The Labute approximate surface area is 227 Å². The summed E-state index contributed by atoms with van der Waals surface area (Å²) in [7, 11) is 0. The summed E-state index contributed by atoms with van der Waals surface area (Å²) in [6.07, 6.45) is 1.81. The highest BCUT2D eigenvalue weighted by molar-refractivity contribution is 7.80. The summed E-state index contributed by atoms with van der Waals surface area (Å²) in [5.74, 6) is -0.108. The van der Waals surface area contributed by atoms with Crippen molar-refractivity contribution in [3.05, 3.63) is 106 Å². The standard InChI is InChI=1S/C29H28ClN5OS/c1-17-16-23(19(3)34(17)26-10-7-8-24(30)18(26)2)28-27(25-9-5-6-15-31-25)33-29(37)35(28)22-13-11-21(12-14-22)32-20(4)36/h5-16,27-28H,1-4H3,(H,32,36)(H,33,37)/t27-,28+/m1/s1. The van der Waals surface area contributed by atoms with Crippen LogP contribution >= 0.6 is 23.8 Å². The summed E-state index contributed by atoms with van der Waals surface area (Å²) < 4.78 is 2.26. The van der Waals surface area contributed by atoms with Crippen LogP contribution in [0.5, 0.6) is 0 Å². The average Bonchev–Trinajstić information content (AvgIpc) is 3.37. The van der Waals surface area contributed by atoms with Crippen LogP contribution in [-0.4, -0.2) is 20.6 Å². The number of nitrogens with one attached hydrogen (secondary N) is 2. The molecule has 1 fully saturated rings. The van der Waals surface area contributed by atoms with Gasteiger partial charge in [-0.3, -0.25) is 9.78 Å². The van der Waals surface area contributed by atoms with E-state index in [2.05, 4.69) is 51.1 Å². The minimum atomic E-state index is -0.155. The predicted octanol–water partition coefficient (Wildman–Crippen LogP) is 6.59. The van der Waals surface area contributed by atoms with Gasteiger partial charge in [-0.25, -0.2) is 0 Å². The Bertz CT molecular complexity index is 1480. The van der Waals surface area contributed by atoms with E-state index in [0.29, 0.717) is 5.11 Å². The first-order valence-corrected chi connectivity index (χ1v) is 12.9. The van der Waals surface area contributed by atoms with E-state index < -0.39 is 0 Å². The molecule has 0 bridgehead atoms. The van der Waals surface area contributed by atoms with E-state index in [1.807, 2.05) is 61.5 Å². The summed E-state index contributed by atoms with van der Waals surface area (Å²) in [5, 5.41) is 7.71. The van der Waals surface area contributed by atoms with Crippen LogP contribution in [0.25, 0.3) is 5.69 Å². The first-order valence-electron chi connectivity index (χ1n) is 12.1. The van der Waals surface area contributed by atoms with E-state index in [4.69, 9.17) is 23.8 Å². The van der Waals surface area contributed by atoms with Crippen LogP contribution < -0.4 is 15.5 Å². The van der Waals surface area contributed by atoms with Gasteiger partial charge in [0, 0.05) is 46.6 Å². The van der Waals surface area contributed by atoms with Gasteiger partial charge in [0.1, 0.15) is 0 Å². The molecule has 8 heteroatoms. The number of aromatic nitrogens is 2. The van der Waals surface area contributed by atoms with E-state index in [-0.39, 0.29) is 18.0 Å². The number of pyridine rings is 1. The van der Waals surface area contributed by atoms with Crippen LogP contribution in [0, 0.1) is 20.8 Å². The van der Waals surface area contributed by atoms with Crippen LogP contribution in [0.2, 0.25) is 5.02 Å². The van der Waals surface area contributed by atoms with Crippen molar-refractivity contribution >= 4 is 46.2 Å². The number of carbonyl (C=O) groups is 1. The van der Waals surface area contributed by atoms with Crippen molar-refractivity contribution in [2.45, 2.75) is 39.8 Å². The Morgan fingerprint density at radius 2 is 1.81 bits per heavy atom. The summed E-state index contributed by atoms with van der Waals surface area (Å²) in [5.41, 5.74) is 8.03. The molecule has 0 unspecified atom stereocenters. The van der Waals surface area contributed by atoms with Crippen LogP contribution in [0.15, 0.2) is 72.9 Å². The lowest BCUT2D eigenvalue weighted by molar-refractivity contribution is -0.114. The minimum absolute atomic E-state index is 0.108. The number of hydrogen-bond acceptors (Lipinski definition) is 3. The van der Waals surface area contributed by atoms with Gasteiger partial charge in [-0.1, -0.05) is 23.7 Å². The van der Waals surface area contributed by atoms with Crippen molar-refractivity contribution in [2.75, 3.05) is 10.2 Å². The molecule has 0 radical (unpaired) electrons. The normalized spacial score (nSPS) is 17.1. The van der Waals surface area contributed by atoms with Crippen molar-refractivity contribution in [1.29, 1.82) is 0 Å². The fourth-order valence-electron chi connectivity index (χ4n) is 5.15. The Balaban J connectivity index is 1.65. The molecule has 1 aliphatic rings. The number of carbonyl (C=O) groups excluding carboxylic acids is 1. The summed E-state index contributed by atoms with van der Waals surface area (Å²) in [6.45, 7) is 7.79. The zero-order valence-electron chi connectivity index (χ0n) is 21.1. The number of hydrogen-bond donors (Lipinski definition) is 2. The third-order valence-corrected chi connectivity index (χ3v) is 7.56. The van der Waals surface area contributed by atoms with Gasteiger partial charge in [-0.05, 0) is 98.7 Å². The van der Waals surface area contributed by atoms with Gasteiger partial charge in [0.2, 0.25) is 5.91 Å². The Hall–Kier alpha value is -3.68. The molecule has 5 rings (SSSR count). The van der Waals surface area contributed by atoms with Crippen molar-refractivity contribution < 1.29 is 4.79 Å². The number of anilines is 2. The second-order valence-electron chi connectivity index (χ2n) is 9.27. The number of nitrogens with zero attached hydrogens (tertiary/aromatic N) is 3. The molecule has 1 saturated heterocycles. The van der Waals surface area contributed by atoms with Gasteiger partial charge in [0.25, 0.3) is 0 Å². The number of benzene rings is 2. The first-order chi connectivity index (χ1) is 17.8. The fraction of sp³-hybridized carbons (Fsp3) is 0.207. The molecule has 2 atom stereocenters. The molecule has 37 heavy (non-hydrogen) atoms. The second kappa shape index (κ2) is 10.00. The fourth-order valence-corrected chi connectivity index (χ4v) is 5.67. The third kappa shape index (κ3) is 4.61. The molecule has 0 saturated carbocycles. The molecular weight excluding hydrogens is 502 g/mol. The van der Waals surface area contributed by atoms with E-state index in [9.17, 15) is 4.79 Å². The van der Waals surface area contributed by atoms with Crippen molar-refractivity contribution in [3.63, 3.8) is 0 Å². The number of thiocarbonyl (C=S) groups is 1. The molecule has 2 aromatic heterocycles. The lowest BCUT2D eigenvalue weighted by atomic mass is 9.96. The van der Waals surface area contributed by atoms with E-state index in [1.54, 1.807) is 6.20 Å². The molecule has 0 aliphatic carbocycles. The van der Waals surface area contributed by atoms with Crippen LogP contribution in [-0.2, 0) is 4.79 Å². The number of rotatable bonds is 5. The highest BCUT2D eigenvalue weighted by Crippen LogP contribution is 2.44. The largest absolute Gasteiger partial charge is 0.351 e. The molecule has 3 heterocycles. The molecular formula is C29H28ClN5OS. The summed E-state index contributed by atoms with van der Waals surface area (Å²) >= 11 is 12.4. The van der Waals surface area contributed by atoms with E-state index in [1.165, 1.54) is 6.92 Å². The monoisotopic (exact) mass is 529 g/mol. The maximum absolute atomic E-state index is 11.5. The Kier molecular flexibility index (Phi) is 6.75. The lowest BCUT2D eigenvalue weighted by Gasteiger charge is -2.28. The summed E-state index contributed by atoms with van der Waals surface area (Å²) in [6, 6.07) is 21.6. The second-order valence-corrected chi connectivity index (χ2v) is 10.1. The third-order valence-electron chi connectivity index (χ3n) is 6.83. The Morgan fingerprint density at radius 3 is 2.49 bits per heavy atom. The first kappa shape index (κ1) is 25.0. The van der Waals surface area contributed by atoms with Crippen LogP contribution in [0.1, 0.15) is 47.2 Å². The Morgan fingerprint density at radius 1 is 1.05 bits per heavy atom. The maximum atomic E-state index is 11.5. The number of halogens is 1. The molecule has 2 N–H and O–H groups in total. The van der Waals surface area contributed by atoms with Gasteiger partial charge in [0.15, 0.2) is 5.11 Å². The van der Waals surface area contributed by atoms with Crippen molar-refractivity contribution in [2.24, 2.45) is 0 Å². The lowest BCUT2D eigenvalue weighted by Crippen LogP contribution is -2.29. The zero-order valence-corrected chi connectivity index (χ0v) is 22.7. The van der Waals surface area contributed by atoms with Gasteiger partial charge >= 0.3 is 0 Å². The minimum Gasteiger partial charge on any atom is -0.351 e. The maximum Gasteiger partial charge on any atom is 0.221 e. The SMILES string of the molecule is CC(=O)Nc1ccc(N2C(=S)N[C@H](c3ccccn3)[C@@H]2c2cc(C)n(-c3cccc(Cl)c3C)c2C)cc1.